The Kier molecular flexibility index (Phi) is 8.25. The molecule has 3 aromatic rings. The van der Waals surface area contributed by atoms with Crippen LogP contribution >= 0.6 is 0 Å². The number of nitrogens with one attached hydrogen (secondary N) is 1. The molecule has 6 rings (SSSR count). The lowest BCUT2D eigenvalue weighted by molar-refractivity contribution is -0.133. The van der Waals surface area contributed by atoms with Gasteiger partial charge in [-0.3, -0.25) is 9.69 Å². The van der Waals surface area contributed by atoms with Crippen molar-refractivity contribution in [2.24, 2.45) is 0 Å². The molecular formula is C31H41N5O3S. The number of fused-ring (bicyclic) bond motifs is 1. The van der Waals surface area contributed by atoms with Gasteiger partial charge < -0.3 is 19.5 Å². The number of aromatic amines is 1. The average molecular weight is 564 g/mol. The van der Waals surface area contributed by atoms with Gasteiger partial charge in [-0.25, -0.2) is 8.51 Å². The van der Waals surface area contributed by atoms with Crippen LogP contribution in [0.3, 0.4) is 0 Å². The summed E-state index contributed by atoms with van der Waals surface area (Å²) in [6, 6.07) is 15.3. The molecule has 0 radical (unpaired) electrons. The van der Waals surface area contributed by atoms with Crippen molar-refractivity contribution >= 4 is 33.5 Å². The summed E-state index contributed by atoms with van der Waals surface area (Å²) in [5.41, 5.74) is 5.58. The van der Waals surface area contributed by atoms with E-state index in [-0.39, 0.29) is 12.5 Å². The van der Waals surface area contributed by atoms with Crippen LogP contribution in [0.4, 0.5) is 5.69 Å². The molecule has 3 aliphatic heterocycles. The number of H-pyrrole nitrogens is 1. The molecule has 40 heavy (non-hydrogen) atoms. The summed E-state index contributed by atoms with van der Waals surface area (Å²) in [7, 11) is 0.338. The molecule has 8 nitrogen and oxygen atoms in total. The molecule has 9 heteroatoms. The molecular weight excluding hydrogens is 522 g/mol. The van der Waals surface area contributed by atoms with E-state index in [0.29, 0.717) is 10.9 Å². The summed E-state index contributed by atoms with van der Waals surface area (Å²) in [6.07, 6.45) is 4.36. The summed E-state index contributed by atoms with van der Waals surface area (Å²) < 4.78 is 20.8. The molecule has 0 spiro atoms. The maximum Gasteiger partial charge on any atom is 0.237 e. The first-order valence-corrected chi connectivity index (χ1v) is 15.8. The van der Waals surface area contributed by atoms with Crippen LogP contribution in [0, 0.1) is 6.92 Å². The minimum Gasteiger partial charge on any atom is -0.379 e. The number of amides is 1. The second kappa shape index (κ2) is 12.0. The third-order valence-electron chi connectivity index (χ3n) is 8.70. The van der Waals surface area contributed by atoms with Crippen molar-refractivity contribution in [2.45, 2.75) is 43.5 Å². The minimum atomic E-state index is -1.45. The molecule has 1 N–H and O–H groups in total. The van der Waals surface area contributed by atoms with Gasteiger partial charge in [-0.1, -0.05) is 12.1 Å². The number of aromatic nitrogens is 1. The lowest BCUT2D eigenvalue weighted by Crippen LogP contribution is -2.51. The number of carbonyl (C=O) groups is 1. The first kappa shape index (κ1) is 27.4. The third-order valence-corrected chi connectivity index (χ3v) is 10.1. The largest absolute Gasteiger partial charge is 0.379 e. The van der Waals surface area contributed by atoms with Crippen molar-refractivity contribution in [2.75, 3.05) is 71.0 Å². The maximum absolute atomic E-state index is 13.7. The highest BCUT2D eigenvalue weighted by molar-refractivity contribution is 7.82. The van der Waals surface area contributed by atoms with Gasteiger partial charge >= 0.3 is 0 Å². The molecule has 1 aromatic heterocycles. The summed E-state index contributed by atoms with van der Waals surface area (Å²) >= 11 is 0. The Balaban J connectivity index is 1.16. The van der Waals surface area contributed by atoms with Crippen molar-refractivity contribution < 1.29 is 13.7 Å². The number of benzene rings is 2. The van der Waals surface area contributed by atoms with Gasteiger partial charge in [-0.15, -0.1) is 0 Å². The van der Waals surface area contributed by atoms with Crippen LogP contribution in [0.25, 0.3) is 22.2 Å². The zero-order valence-electron chi connectivity index (χ0n) is 23.7. The zero-order valence-corrected chi connectivity index (χ0v) is 24.5. The molecule has 4 heterocycles. The van der Waals surface area contributed by atoms with Crippen molar-refractivity contribution in [3.05, 3.63) is 48.0 Å². The van der Waals surface area contributed by atoms with E-state index in [4.69, 9.17) is 4.74 Å². The first-order chi connectivity index (χ1) is 19.5. The van der Waals surface area contributed by atoms with E-state index in [1.807, 2.05) is 11.0 Å². The zero-order chi connectivity index (χ0) is 27.6. The predicted octanol–water partition coefficient (Wildman–Crippen LogP) is 4.02. The second-order valence-electron chi connectivity index (χ2n) is 11.4. The van der Waals surface area contributed by atoms with Gasteiger partial charge in [0.1, 0.15) is 11.0 Å². The number of likely N-dealkylation sites (tertiary alicyclic amines) is 1. The first-order valence-electron chi connectivity index (χ1n) is 14.7. The van der Waals surface area contributed by atoms with E-state index in [2.05, 4.69) is 58.1 Å². The van der Waals surface area contributed by atoms with Crippen LogP contribution in [-0.4, -0.2) is 101 Å². The summed E-state index contributed by atoms with van der Waals surface area (Å²) in [4.78, 5) is 24.4. The molecule has 3 fully saturated rings. The Bertz CT molecular complexity index is 1370. The Morgan fingerprint density at radius 3 is 2.50 bits per heavy atom. The number of hydrogen-bond acceptors (Lipinski definition) is 5. The van der Waals surface area contributed by atoms with Gasteiger partial charge in [0, 0.05) is 80.2 Å². The van der Waals surface area contributed by atoms with E-state index >= 15 is 0 Å². The number of nitrogens with zero attached hydrogens (tertiary/aromatic N) is 4. The van der Waals surface area contributed by atoms with Crippen LogP contribution in [0.15, 0.2) is 47.4 Å². The molecule has 3 aliphatic rings. The van der Waals surface area contributed by atoms with Crippen LogP contribution in [0.5, 0.6) is 0 Å². The van der Waals surface area contributed by atoms with Crippen molar-refractivity contribution in [1.29, 1.82) is 0 Å². The number of piperidine rings is 1. The summed E-state index contributed by atoms with van der Waals surface area (Å²) in [5, 5.41) is 1.17. The van der Waals surface area contributed by atoms with Crippen LogP contribution < -0.4 is 4.90 Å². The molecule has 1 amide bonds. The number of carbonyl (C=O) groups excluding carboxylic acids is 1. The number of hydrogen-bond donors (Lipinski definition) is 1. The highest BCUT2D eigenvalue weighted by Gasteiger charge is 2.29. The Morgan fingerprint density at radius 1 is 1.00 bits per heavy atom. The van der Waals surface area contributed by atoms with Gasteiger partial charge in [-0.05, 0) is 68.5 Å². The normalized spacial score (nSPS) is 20.1. The smallest absolute Gasteiger partial charge is 0.237 e. The van der Waals surface area contributed by atoms with Crippen LogP contribution in [-0.2, 0) is 20.5 Å². The number of anilines is 1. The number of likely N-dealkylation sites (N-methyl/N-ethyl adjacent to an activating group) is 1. The maximum atomic E-state index is 13.7. The van der Waals surface area contributed by atoms with Gasteiger partial charge in [-0.2, -0.15) is 0 Å². The van der Waals surface area contributed by atoms with Crippen molar-refractivity contribution in [3.8, 4) is 11.3 Å². The lowest BCUT2D eigenvalue weighted by Gasteiger charge is -2.40. The van der Waals surface area contributed by atoms with Gasteiger partial charge in [0.15, 0.2) is 0 Å². The number of ether oxygens (including phenoxy) is 1. The van der Waals surface area contributed by atoms with Crippen LogP contribution in [0.1, 0.15) is 31.2 Å². The van der Waals surface area contributed by atoms with Gasteiger partial charge in [0.2, 0.25) is 5.91 Å². The lowest BCUT2D eigenvalue weighted by atomic mass is 10.0. The third kappa shape index (κ3) is 5.84. The average Bonchev–Trinajstić information content (AvgIpc) is 3.67. The number of morpholine rings is 1. The van der Waals surface area contributed by atoms with E-state index in [0.717, 1.165) is 82.1 Å². The molecule has 1 unspecified atom stereocenters. The quantitative estimate of drug-likeness (QED) is 0.470. The SMILES string of the molecule is Cc1ccc2cc(-c3cc(S(=O)N(C)CC(=O)N4CCC(N5CCOCC5)CC4)ccc3N3CCCC3)[nH]c2c1. The second-order valence-corrected chi connectivity index (χ2v) is 13.0. The van der Waals surface area contributed by atoms with Gasteiger partial charge in [0.05, 0.1) is 24.7 Å². The number of aryl methyl sites for hydroxylation is 1. The molecule has 1 atom stereocenters. The minimum absolute atomic E-state index is 0.0520. The van der Waals surface area contributed by atoms with Crippen molar-refractivity contribution in [3.63, 3.8) is 0 Å². The molecule has 214 valence electrons. The van der Waals surface area contributed by atoms with Crippen molar-refractivity contribution in [1.82, 2.24) is 19.1 Å². The van der Waals surface area contributed by atoms with E-state index in [1.54, 1.807) is 11.4 Å². The molecule has 0 saturated carbocycles. The fraction of sp³-hybridized carbons (Fsp3) is 0.516. The number of rotatable bonds is 7. The molecule has 0 bridgehead atoms. The fourth-order valence-corrected chi connectivity index (χ4v) is 7.40. The van der Waals surface area contributed by atoms with Crippen LogP contribution in [0.2, 0.25) is 0 Å². The predicted molar refractivity (Wildman–Crippen MR) is 161 cm³/mol. The van der Waals surface area contributed by atoms with E-state index < -0.39 is 11.0 Å². The topological polar surface area (TPSA) is 72.1 Å². The Labute approximate surface area is 239 Å². The molecule has 2 aromatic carbocycles. The monoisotopic (exact) mass is 563 g/mol. The van der Waals surface area contributed by atoms with Gasteiger partial charge in [0.25, 0.3) is 0 Å². The molecule has 3 saturated heterocycles. The molecule has 0 aliphatic carbocycles. The summed E-state index contributed by atoms with van der Waals surface area (Å²) in [6.45, 7) is 9.40. The van der Waals surface area contributed by atoms with E-state index in [9.17, 15) is 9.00 Å². The highest BCUT2D eigenvalue weighted by atomic mass is 32.2. The van der Waals surface area contributed by atoms with E-state index in [1.165, 1.54) is 29.5 Å². The summed E-state index contributed by atoms with van der Waals surface area (Å²) in [5.74, 6) is 0.0520. The standard InChI is InChI=1S/C31H41N5O3S/c1-23-5-6-24-20-29(32-28(24)19-23)27-21-26(7-8-30(27)35-11-3-4-12-35)40(38)33(2)22-31(37)36-13-9-25(10-14-36)34-15-17-39-18-16-34/h5-8,19-21,25,32H,3-4,9-18,22H2,1-2H3. The Morgan fingerprint density at radius 2 is 1.75 bits per heavy atom. The highest BCUT2D eigenvalue weighted by Crippen LogP contribution is 2.36. The Hall–Kier alpha value is -2.72. The fourth-order valence-electron chi connectivity index (χ4n) is 6.41.